The fourth-order valence-electron chi connectivity index (χ4n) is 1.41. The smallest absolute Gasteiger partial charge is 0.147 e. The zero-order valence-corrected chi connectivity index (χ0v) is 11.1. The second kappa shape index (κ2) is 5.57. The first-order chi connectivity index (χ1) is 7.40. The van der Waals surface area contributed by atoms with E-state index in [-0.39, 0.29) is 11.9 Å². The molecule has 1 aromatic rings. The Bertz CT molecular complexity index is 368. The number of hydrogen-bond acceptors (Lipinski definition) is 4. The van der Waals surface area contributed by atoms with Crippen LogP contribution in [-0.2, 0) is 0 Å². The van der Waals surface area contributed by atoms with Crippen molar-refractivity contribution < 1.29 is 0 Å². The van der Waals surface area contributed by atoms with E-state index < -0.39 is 0 Å². The summed E-state index contributed by atoms with van der Waals surface area (Å²) in [6, 6.07) is 1.82. The van der Waals surface area contributed by atoms with Crippen molar-refractivity contribution in [1.29, 1.82) is 0 Å². The standard InChI is InChI=1S/C10H16Cl2N4/c1-6(5-16(2)3)14-10-8(12)4-7(11)9(13)15-10/h4,6H,5H2,1-3H3,(H3,13,14,15). The molecule has 0 radical (unpaired) electrons. The van der Waals surface area contributed by atoms with E-state index in [4.69, 9.17) is 28.9 Å². The van der Waals surface area contributed by atoms with Crippen LogP contribution in [0.2, 0.25) is 10.0 Å². The first-order valence-corrected chi connectivity index (χ1v) is 5.68. The van der Waals surface area contributed by atoms with Gasteiger partial charge >= 0.3 is 0 Å². The Morgan fingerprint density at radius 1 is 1.44 bits per heavy atom. The van der Waals surface area contributed by atoms with Crippen LogP contribution in [0.4, 0.5) is 11.6 Å². The molecule has 0 aromatic carbocycles. The highest BCUT2D eigenvalue weighted by atomic mass is 35.5. The number of anilines is 2. The molecule has 3 N–H and O–H groups in total. The minimum atomic E-state index is 0.223. The molecule has 4 nitrogen and oxygen atoms in total. The van der Waals surface area contributed by atoms with Gasteiger partial charge in [-0.15, -0.1) is 0 Å². The van der Waals surface area contributed by atoms with Crippen LogP contribution in [0, 0.1) is 0 Å². The summed E-state index contributed by atoms with van der Waals surface area (Å²) in [5.41, 5.74) is 5.61. The third kappa shape index (κ3) is 3.70. The largest absolute Gasteiger partial charge is 0.382 e. The summed E-state index contributed by atoms with van der Waals surface area (Å²) in [4.78, 5) is 6.18. The Morgan fingerprint density at radius 3 is 2.62 bits per heavy atom. The van der Waals surface area contributed by atoms with Gasteiger partial charge in [0, 0.05) is 12.6 Å². The summed E-state index contributed by atoms with van der Waals surface area (Å²) in [7, 11) is 4.01. The van der Waals surface area contributed by atoms with Gasteiger partial charge in [-0.05, 0) is 27.1 Å². The third-order valence-corrected chi connectivity index (χ3v) is 2.57. The lowest BCUT2D eigenvalue weighted by Gasteiger charge is -2.19. The third-order valence-electron chi connectivity index (χ3n) is 1.98. The number of nitrogens with zero attached hydrogens (tertiary/aromatic N) is 2. The second-order valence-electron chi connectivity index (χ2n) is 3.99. The number of nitrogens with two attached hydrogens (primary N) is 1. The molecule has 1 unspecified atom stereocenters. The van der Waals surface area contributed by atoms with Crippen molar-refractivity contribution >= 4 is 34.8 Å². The van der Waals surface area contributed by atoms with Crippen LogP contribution < -0.4 is 11.1 Å². The van der Waals surface area contributed by atoms with Crippen molar-refractivity contribution in [2.24, 2.45) is 0 Å². The van der Waals surface area contributed by atoms with Crippen LogP contribution in [-0.4, -0.2) is 36.6 Å². The van der Waals surface area contributed by atoms with Gasteiger partial charge in [0.2, 0.25) is 0 Å². The molecule has 16 heavy (non-hydrogen) atoms. The lowest BCUT2D eigenvalue weighted by molar-refractivity contribution is 0.392. The van der Waals surface area contributed by atoms with E-state index in [1.165, 1.54) is 0 Å². The van der Waals surface area contributed by atoms with Crippen LogP contribution in [0.15, 0.2) is 6.07 Å². The molecule has 0 saturated carbocycles. The number of pyridine rings is 1. The van der Waals surface area contributed by atoms with E-state index >= 15 is 0 Å². The highest BCUT2D eigenvalue weighted by molar-refractivity contribution is 6.37. The highest BCUT2D eigenvalue weighted by Gasteiger charge is 2.10. The van der Waals surface area contributed by atoms with E-state index in [0.29, 0.717) is 15.9 Å². The quantitative estimate of drug-likeness (QED) is 0.875. The molecule has 1 heterocycles. The van der Waals surface area contributed by atoms with Gasteiger partial charge in [-0.25, -0.2) is 4.98 Å². The van der Waals surface area contributed by atoms with Gasteiger partial charge < -0.3 is 16.0 Å². The minimum absolute atomic E-state index is 0.223. The summed E-state index contributed by atoms with van der Waals surface area (Å²) >= 11 is 11.8. The van der Waals surface area contributed by atoms with E-state index in [1.54, 1.807) is 6.07 Å². The van der Waals surface area contributed by atoms with Gasteiger partial charge in [0.25, 0.3) is 0 Å². The van der Waals surface area contributed by atoms with E-state index in [2.05, 4.69) is 15.2 Å². The van der Waals surface area contributed by atoms with Gasteiger partial charge in [-0.3, -0.25) is 0 Å². The zero-order chi connectivity index (χ0) is 12.3. The van der Waals surface area contributed by atoms with Crippen LogP contribution >= 0.6 is 23.2 Å². The van der Waals surface area contributed by atoms with Crippen molar-refractivity contribution in [1.82, 2.24) is 9.88 Å². The van der Waals surface area contributed by atoms with E-state index in [0.717, 1.165) is 6.54 Å². The molecule has 0 aliphatic carbocycles. The van der Waals surface area contributed by atoms with Crippen molar-refractivity contribution in [3.8, 4) is 0 Å². The van der Waals surface area contributed by atoms with Crippen molar-refractivity contribution in [2.75, 3.05) is 31.7 Å². The molecule has 0 aliphatic rings. The molecule has 6 heteroatoms. The Morgan fingerprint density at radius 2 is 2.06 bits per heavy atom. The maximum atomic E-state index is 6.00. The molecule has 0 spiro atoms. The van der Waals surface area contributed by atoms with Crippen molar-refractivity contribution in [3.63, 3.8) is 0 Å². The summed E-state index contributed by atoms with van der Waals surface area (Å²) in [6.45, 7) is 2.92. The molecule has 0 fully saturated rings. The normalized spacial score (nSPS) is 12.9. The minimum Gasteiger partial charge on any atom is -0.382 e. The van der Waals surface area contributed by atoms with E-state index in [1.807, 2.05) is 21.0 Å². The number of hydrogen-bond donors (Lipinski definition) is 2. The lowest BCUT2D eigenvalue weighted by atomic mass is 10.3. The molecule has 1 aromatic heterocycles. The SMILES string of the molecule is CC(CN(C)C)Nc1nc(N)c(Cl)cc1Cl. The molecule has 90 valence electrons. The van der Waals surface area contributed by atoms with Crippen molar-refractivity contribution in [2.45, 2.75) is 13.0 Å². The molecule has 0 saturated heterocycles. The summed E-state index contributed by atoms with van der Waals surface area (Å²) in [5.74, 6) is 0.850. The lowest BCUT2D eigenvalue weighted by Crippen LogP contribution is -2.30. The summed E-state index contributed by atoms with van der Waals surface area (Å²) in [6.07, 6.45) is 0. The van der Waals surface area contributed by atoms with Crippen molar-refractivity contribution in [3.05, 3.63) is 16.1 Å². The van der Waals surface area contributed by atoms with Gasteiger partial charge in [0.1, 0.15) is 11.6 Å². The number of likely N-dealkylation sites (N-methyl/N-ethyl adjacent to an activating group) is 1. The van der Waals surface area contributed by atoms with Crippen LogP contribution in [0.25, 0.3) is 0 Å². The summed E-state index contributed by atoms with van der Waals surface area (Å²) in [5, 5.41) is 4.03. The maximum absolute atomic E-state index is 6.00. The van der Waals surface area contributed by atoms with Crippen LogP contribution in [0.1, 0.15) is 6.92 Å². The average molecular weight is 263 g/mol. The highest BCUT2D eigenvalue weighted by Crippen LogP contribution is 2.27. The Hall–Kier alpha value is -0.710. The molecule has 0 aliphatic heterocycles. The second-order valence-corrected chi connectivity index (χ2v) is 4.81. The number of aromatic nitrogens is 1. The Kier molecular flexibility index (Phi) is 4.65. The first kappa shape index (κ1) is 13.4. The predicted octanol–water partition coefficient (Wildman–Crippen LogP) is 2.33. The maximum Gasteiger partial charge on any atom is 0.147 e. The number of halogens is 2. The van der Waals surface area contributed by atoms with Crippen LogP contribution in [0.5, 0.6) is 0 Å². The Labute approximate surface area is 106 Å². The average Bonchev–Trinajstić information content (AvgIpc) is 2.12. The molecule has 0 bridgehead atoms. The molecule has 1 rings (SSSR count). The van der Waals surface area contributed by atoms with E-state index in [9.17, 15) is 0 Å². The topological polar surface area (TPSA) is 54.2 Å². The van der Waals surface area contributed by atoms with Crippen LogP contribution in [0.3, 0.4) is 0 Å². The number of nitrogen functional groups attached to an aromatic ring is 1. The monoisotopic (exact) mass is 262 g/mol. The van der Waals surface area contributed by atoms with Gasteiger partial charge in [-0.2, -0.15) is 0 Å². The van der Waals surface area contributed by atoms with Gasteiger partial charge in [-0.1, -0.05) is 23.2 Å². The van der Waals surface area contributed by atoms with Gasteiger partial charge in [0.05, 0.1) is 10.0 Å². The number of rotatable bonds is 4. The molecule has 1 atom stereocenters. The molecular formula is C10H16Cl2N4. The summed E-state index contributed by atoms with van der Waals surface area (Å²) < 4.78 is 0. The molecular weight excluding hydrogens is 247 g/mol. The Balaban J connectivity index is 2.77. The fourth-order valence-corrected chi connectivity index (χ4v) is 1.82. The van der Waals surface area contributed by atoms with Gasteiger partial charge in [0.15, 0.2) is 0 Å². The first-order valence-electron chi connectivity index (χ1n) is 4.93. The molecule has 0 amide bonds. The zero-order valence-electron chi connectivity index (χ0n) is 9.59. The number of nitrogens with one attached hydrogen (secondary N) is 1. The predicted molar refractivity (Wildman–Crippen MR) is 70.3 cm³/mol. The fraction of sp³-hybridized carbons (Fsp3) is 0.500.